The quantitative estimate of drug-likeness (QED) is 0.408. The Morgan fingerprint density at radius 1 is 1.42 bits per heavy atom. The molecule has 0 atom stereocenters. The first-order valence-electron chi connectivity index (χ1n) is 8.20. The zero-order valence-electron chi connectivity index (χ0n) is 14.5. The molecule has 1 aromatic carbocycles. The van der Waals surface area contributed by atoms with Crippen LogP contribution in [0.15, 0.2) is 29.4 Å². The minimum absolute atomic E-state index is 0. The van der Waals surface area contributed by atoms with E-state index in [1.807, 2.05) is 25.2 Å². The second-order valence-electron chi connectivity index (χ2n) is 7.06. The Kier molecular flexibility index (Phi) is 6.42. The van der Waals surface area contributed by atoms with Gasteiger partial charge in [-0.2, -0.15) is 0 Å². The van der Waals surface area contributed by atoms with Crippen LogP contribution in [0.3, 0.4) is 0 Å². The second-order valence-corrected chi connectivity index (χ2v) is 7.50. The summed E-state index contributed by atoms with van der Waals surface area (Å²) in [6, 6.07) is 5.97. The fourth-order valence-electron chi connectivity index (χ4n) is 3.29. The molecule has 6 heteroatoms. The van der Waals surface area contributed by atoms with Crippen LogP contribution < -0.4 is 5.32 Å². The van der Waals surface area contributed by atoms with Gasteiger partial charge in [0.15, 0.2) is 5.96 Å². The Morgan fingerprint density at radius 3 is 2.88 bits per heavy atom. The molecule has 1 aliphatic rings. The van der Waals surface area contributed by atoms with E-state index >= 15 is 0 Å². The smallest absolute Gasteiger partial charge is 0.193 e. The average Bonchev–Trinajstić information content (AvgIpc) is 3.07. The van der Waals surface area contributed by atoms with Gasteiger partial charge >= 0.3 is 0 Å². The highest BCUT2D eigenvalue weighted by Crippen LogP contribution is 2.28. The summed E-state index contributed by atoms with van der Waals surface area (Å²) >= 11 is 6.11. The van der Waals surface area contributed by atoms with Crippen molar-refractivity contribution in [2.24, 2.45) is 10.4 Å². The molecule has 2 heterocycles. The number of aromatic nitrogens is 1. The van der Waals surface area contributed by atoms with E-state index in [0.29, 0.717) is 5.41 Å². The van der Waals surface area contributed by atoms with Gasteiger partial charge in [0.1, 0.15) is 0 Å². The summed E-state index contributed by atoms with van der Waals surface area (Å²) in [5, 5.41) is 5.48. The van der Waals surface area contributed by atoms with Gasteiger partial charge in [0.05, 0.1) is 0 Å². The van der Waals surface area contributed by atoms with Crippen LogP contribution in [-0.2, 0) is 6.42 Å². The number of hydrogen-bond donors (Lipinski definition) is 2. The van der Waals surface area contributed by atoms with Gasteiger partial charge in [-0.3, -0.25) is 4.99 Å². The molecule has 1 saturated heterocycles. The van der Waals surface area contributed by atoms with Gasteiger partial charge in [-0.15, -0.1) is 24.0 Å². The number of likely N-dealkylation sites (tertiary alicyclic amines) is 1. The van der Waals surface area contributed by atoms with Gasteiger partial charge < -0.3 is 15.2 Å². The molecule has 1 aliphatic heterocycles. The van der Waals surface area contributed by atoms with Crippen molar-refractivity contribution in [1.82, 2.24) is 15.2 Å². The molecule has 0 radical (unpaired) electrons. The van der Waals surface area contributed by atoms with E-state index in [2.05, 4.69) is 40.2 Å². The van der Waals surface area contributed by atoms with Gasteiger partial charge in [-0.05, 0) is 42.0 Å². The Balaban J connectivity index is 0.00000208. The maximum absolute atomic E-state index is 6.11. The van der Waals surface area contributed by atoms with Crippen LogP contribution in [0.1, 0.15) is 25.8 Å². The van der Waals surface area contributed by atoms with Crippen LogP contribution in [-0.4, -0.2) is 42.5 Å². The zero-order chi connectivity index (χ0) is 16.4. The lowest BCUT2D eigenvalue weighted by molar-refractivity contribution is 0.370. The number of hydrogen-bond acceptors (Lipinski definition) is 1. The first-order chi connectivity index (χ1) is 11.0. The fraction of sp³-hybridized carbons (Fsp3) is 0.500. The van der Waals surface area contributed by atoms with Crippen molar-refractivity contribution < 1.29 is 0 Å². The van der Waals surface area contributed by atoms with Crippen molar-refractivity contribution in [3.05, 3.63) is 35.0 Å². The van der Waals surface area contributed by atoms with Gasteiger partial charge in [0.25, 0.3) is 0 Å². The van der Waals surface area contributed by atoms with E-state index in [1.165, 1.54) is 17.4 Å². The van der Waals surface area contributed by atoms with Crippen molar-refractivity contribution in [3.8, 4) is 0 Å². The molecule has 0 aliphatic carbocycles. The molecule has 4 nitrogen and oxygen atoms in total. The van der Waals surface area contributed by atoms with Crippen LogP contribution >= 0.6 is 35.6 Å². The van der Waals surface area contributed by atoms with Crippen molar-refractivity contribution in [2.45, 2.75) is 26.7 Å². The third-order valence-electron chi connectivity index (χ3n) is 4.60. The Labute approximate surface area is 166 Å². The predicted molar refractivity (Wildman–Crippen MR) is 114 cm³/mol. The molecule has 0 unspecified atom stereocenters. The summed E-state index contributed by atoms with van der Waals surface area (Å²) in [5.41, 5.74) is 2.80. The maximum Gasteiger partial charge on any atom is 0.193 e. The molecule has 1 fully saturated rings. The third kappa shape index (κ3) is 4.36. The summed E-state index contributed by atoms with van der Waals surface area (Å²) in [4.78, 5) is 10.1. The third-order valence-corrected chi connectivity index (χ3v) is 4.83. The van der Waals surface area contributed by atoms with E-state index in [1.54, 1.807) is 0 Å². The van der Waals surface area contributed by atoms with E-state index in [9.17, 15) is 0 Å². The summed E-state index contributed by atoms with van der Waals surface area (Å²) in [6.07, 6.45) is 4.23. The first kappa shape index (κ1) is 19.4. The molecule has 3 rings (SSSR count). The number of aliphatic imine (C=N–C) groups is 1. The van der Waals surface area contributed by atoms with Crippen molar-refractivity contribution >= 4 is 52.4 Å². The number of rotatable bonds is 3. The molecule has 0 bridgehead atoms. The SMILES string of the molecule is CN=C(NCCc1c[nH]c2ccc(Cl)cc12)N1CCC(C)(C)C1.I. The summed E-state index contributed by atoms with van der Waals surface area (Å²) in [7, 11) is 1.86. The highest BCUT2D eigenvalue weighted by atomic mass is 127. The number of guanidine groups is 1. The zero-order valence-corrected chi connectivity index (χ0v) is 17.6. The highest BCUT2D eigenvalue weighted by molar-refractivity contribution is 14.0. The van der Waals surface area contributed by atoms with E-state index in [0.717, 1.165) is 42.6 Å². The Morgan fingerprint density at radius 2 is 2.21 bits per heavy atom. The Bertz CT molecular complexity index is 723. The van der Waals surface area contributed by atoms with Gasteiger partial charge in [0, 0.05) is 48.8 Å². The number of benzene rings is 1. The van der Waals surface area contributed by atoms with Crippen LogP contribution in [0.2, 0.25) is 5.02 Å². The van der Waals surface area contributed by atoms with E-state index in [-0.39, 0.29) is 24.0 Å². The van der Waals surface area contributed by atoms with Crippen LogP contribution in [0.4, 0.5) is 0 Å². The van der Waals surface area contributed by atoms with Gasteiger partial charge in [0.2, 0.25) is 0 Å². The monoisotopic (exact) mass is 460 g/mol. The van der Waals surface area contributed by atoms with Crippen molar-refractivity contribution in [2.75, 3.05) is 26.7 Å². The largest absolute Gasteiger partial charge is 0.361 e. The van der Waals surface area contributed by atoms with Gasteiger partial charge in [-0.25, -0.2) is 0 Å². The molecule has 0 spiro atoms. The number of fused-ring (bicyclic) bond motifs is 1. The van der Waals surface area contributed by atoms with Crippen molar-refractivity contribution in [3.63, 3.8) is 0 Å². The standard InChI is InChI=1S/C18H25ClN4.HI/c1-18(2)7-9-23(12-18)17(20-3)21-8-6-13-11-22-16-5-4-14(19)10-15(13)16;/h4-5,10-11,22H,6-9,12H2,1-3H3,(H,20,21);1H. The number of halogens is 2. The molecular weight excluding hydrogens is 435 g/mol. The molecule has 0 saturated carbocycles. The summed E-state index contributed by atoms with van der Waals surface area (Å²) < 4.78 is 0. The number of H-pyrrole nitrogens is 1. The fourth-order valence-corrected chi connectivity index (χ4v) is 3.46. The molecule has 2 aromatic rings. The van der Waals surface area contributed by atoms with Gasteiger partial charge in [-0.1, -0.05) is 25.4 Å². The summed E-state index contributed by atoms with van der Waals surface area (Å²) in [6.45, 7) is 7.64. The van der Waals surface area contributed by atoms with Crippen LogP contribution in [0, 0.1) is 5.41 Å². The molecule has 2 N–H and O–H groups in total. The molecular formula is C18H26ClIN4. The van der Waals surface area contributed by atoms with Crippen LogP contribution in [0.25, 0.3) is 10.9 Å². The topological polar surface area (TPSA) is 43.4 Å². The number of nitrogens with one attached hydrogen (secondary N) is 2. The average molecular weight is 461 g/mol. The van der Waals surface area contributed by atoms with E-state index < -0.39 is 0 Å². The molecule has 0 amide bonds. The van der Waals surface area contributed by atoms with E-state index in [4.69, 9.17) is 11.6 Å². The summed E-state index contributed by atoms with van der Waals surface area (Å²) in [5.74, 6) is 1.01. The minimum atomic E-state index is 0. The minimum Gasteiger partial charge on any atom is -0.361 e. The normalized spacial score (nSPS) is 17.2. The predicted octanol–water partition coefficient (Wildman–Crippen LogP) is 4.29. The lowest BCUT2D eigenvalue weighted by Crippen LogP contribution is -2.41. The lowest BCUT2D eigenvalue weighted by Gasteiger charge is -2.23. The lowest BCUT2D eigenvalue weighted by atomic mass is 9.93. The molecule has 132 valence electrons. The highest BCUT2D eigenvalue weighted by Gasteiger charge is 2.30. The second kappa shape index (κ2) is 7.95. The molecule has 1 aromatic heterocycles. The van der Waals surface area contributed by atoms with Crippen molar-refractivity contribution in [1.29, 1.82) is 0 Å². The number of aromatic amines is 1. The van der Waals surface area contributed by atoms with Crippen LogP contribution in [0.5, 0.6) is 0 Å². The first-order valence-corrected chi connectivity index (χ1v) is 8.57. The number of nitrogens with zero attached hydrogens (tertiary/aromatic N) is 2. The Hall–Kier alpha value is -0.950. The maximum atomic E-state index is 6.11. The molecule has 24 heavy (non-hydrogen) atoms.